The molecule has 1 rings (SSSR count). The predicted octanol–water partition coefficient (Wildman–Crippen LogP) is 2.65. The van der Waals surface area contributed by atoms with E-state index < -0.39 is 0 Å². The van der Waals surface area contributed by atoms with Crippen molar-refractivity contribution in [2.45, 2.75) is 32.4 Å². The van der Waals surface area contributed by atoms with Crippen LogP contribution < -0.4 is 5.32 Å². The summed E-state index contributed by atoms with van der Waals surface area (Å²) < 4.78 is 0.829. The van der Waals surface area contributed by atoms with Crippen LogP contribution in [0.2, 0.25) is 4.34 Å². The van der Waals surface area contributed by atoms with Gasteiger partial charge in [0.2, 0.25) is 0 Å². The molecule has 2 N–H and O–H groups in total. The number of halogens is 1. The molecule has 2 nitrogen and oxygen atoms in total. The maximum atomic E-state index is 9.30. The van der Waals surface area contributed by atoms with Crippen molar-refractivity contribution >= 4 is 22.9 Å². The van der Waals surface area contributed by atoms with E-state index in [1.54, 1.807) is 11.3 Å². The highest BCUT2D eigenvalue weighted by Crippen LogP contribution is 2.20. The first kappa shape index (κ1) is 12.0. The average Bonchev–Trinajstić information content (AvgIpc) is 2.58. The number of aliphatic hydroxyl groups is 1. The Hall–Kier alpha value is -0.0900. The summed E-state index contributed by atoms with van der Waals surface area (Å²) in [5.74, 6) is 0. The lowest BCUT2D eigenvalue weighted by Gasteiger charge is -2.07. The van der Waals surface area contributed by atoms with Gasteiger partial charge in [0.15, 0.2) is 0 Å². The second kappa shape index (κ2) is 6.40. The molecular weight excluding hydrogens is 218 g/mol. The molecule has 0 aliphatic rings. The fourth-order valence-corrected chi connectivity index (χ4v) is 2.19. The van der Waals surface area contributed by atoms with Gasteiger partial charge in [0.25, 0.3) is 0 Å². The van der Waals surface area contributed by atoms with E-state index in [0.717, 1.165) is 30.3 Å². The van der Waals surface area contributed by atoms with Gasteiger partial charge in [0, 0.05) is 11.4 Å². The van der Waals surface area contributed by atoms with Crippen LogP contribution in [0.15, 0.2) is 12.1 Å². The largest absolute Gasteiger partial charge is 0.393 e. The Kier molecular flexibility index (Phi) is 5.48. The minimum atomic E-state index is -0.172. The van der Waals surface area contributed by atoms with Crippen molar-refractivity contribution in [1.29, 1.82) is 0 Å². The first-order valence-corrected chi connectivity index (χ1v) is 6.04. The molecule has 0 radical (unpaired) electrons. The van der Waals surface area contributed by atoms with Gasteiger partial charge in [-0.3, -0.25) is 0 Å². The van der Waals surface area contributed by atoms with Crippen LogP contribution in [0.25, 0.3) is 0 Å². The van der Waals surface area contributed by atoms with Crippen molar-refractivity contribution < 1.29 is 5.11 Å². The fraction of sp³-hybridized carbons (Fsp3) is 0.600. The van der Waals surface area contributed by atoms with E-state index in [4.69, 9.17) is 11.6 Å². The lowest BCUT2D eigenvalue weighted by atomic mass is 10.2. The molecule has 0 amide bonds. The van der Waals surface area contributed by atoms with Crippen molar-refractivity contribution in [2.75, 3.05) is 6.54 Å². The highest BCUT2D eigenvalue weighted by Gasteiger charge is 2.00. The van der Waals surface area contributed by atoms with Gasteiger partial charge in [-0.25, -0.2) is 0 Å². The maximum absolute atomic E-state index is 9.30. The normalized spacial score (nSPS) is 13.1. The highest BCUT2D eigenvalue weighted by atomic mass is 35.5. The van der Waals surface area contributed by atoms with E-state index in [0.29, 0.717) is 0 Å². The molecule has 0 aliphatic carbocycles. The quantitative estimate of drug-likeness (QED) is 0.741. The molecule has 0 saturated carbocycles. The third-order valence-corrected chi connectivity index (χ3v) is 3.28. The van der Waals surface area contributed by atoms with Gasteiger partial charge in [0.1, 0.15) is 0 Å². The molecule has 0 bridgehead atoms. The van der Waals surface area contributed by atoms with Crippen LogP contribution in [-0.2, 0) is 6.54 Å². The Morgan fingerprint density at radius 2 is 2.36 bits per heavy atom. The Labute approximate surface area is 93.9 Å². The second-order valence-electron chi connectivity index (χ2n) is 3.23. The molecule has 0 aromatic carbocycles. The van der Waals surface area contributed by atoms with Crippen molar-refractivity contribution in [2.24, 2.45) is 0 Å². The molecule has 1 aromatic heterocycles. The highest BCUT2D eigenvalue weighted by molar-refractivity contribution is 7.16. The SMILES string of the molecule is CCC(O)CCNCc1ccc(Cl)s1. The molecular formula is C10H16ClNOS. The topological polar surface area (TPSA) is 32.3 Å². The van der Waals surface area contributed by atoms with Crippen molar-refractivity contribution in [3.05, 3.63) is 21.3 Å². The first-order chi connectivity index (χ1) is 6.72. The number of nitrogens with one attached hydrogen (secondary N) is 1. The number of hydrogen-bond acceptors (Lipinski definition) is 3. The first-order valence-electron chi connectivity index (χ1n) is 4.85. The number of hydrogen-bond donors (Lipinski definition) is 2. The second-order valence-corrected chi connectivity index (χ2v) is 5.03. The lowest BCUT2D eigenvalue weighted by molar-refractivity contribution is 0.160. The van der Waals surface area contributed by atoms with Gasteiger partial charge in [-0.2, -0.15) is 0 Å². The smallest absolute Gasteiger partial charge is 0.0931 e. The minimum Gasteiger partial charge on any atom is -0.393 e. The summed E-state index contributed by atoms with van der Waals surface area (Å²) in [4.78, 5) is 1.24. The van der Waals surface area contributed by atoms with Gasteiger partial charge in [-0.05, 0) is 31.5 Å². The Bertz CT molecular complexity index is 264. The monoisotopic (exact) mass is 233 g/mol. The van der Waals surface area contributed by atoms with Crippen LogP contribution in [0, 0.1) is 0 Å². The zero-order valence-corrected chi connectivity index (χ0v) is 9.87. The van der Waals surface area contributed by atoms with Crippen LogP contribution in [-0.4, -0.2) is 17.8 Å². The van der Waals surface area contributed by atoms with Crippen molar-refractivity contribution in [3.8, 4) is 0 Å². The molecule has 0 aliphatic heterocycles. The molecule has 4 heteroatoms. The Morgan fingerprint density at radius 1 is 1.57 bits per heavy atom. The summed E-state index contributed by atoms with van der Waals surface area (Å²) in [5.41, 5.74) is 0. The van der Waals surface area contributed by atoms with E-state index in [2.05, 4.69) is 5.32 Å². The predicted molar refractivity (Wildman–Crippen MR) is 62.0 cm³/mol. The Balaban J connectivity index is 2.10. The minimum absolute atomic E-state index is 0.172. The standard InChI is InChI=1S/C10H16ClNOS/c1-2-8(13)5-6-12-7-9-3-4-10(11)14-9/h3-4,8,12-13H,2,5-7H2,1H3. The fourth-order valence-electron chi connectivity index (χ4n) is 1.13. The molecule has 0 saturated heterocycles. The van der Waals surface area contributed by atoms with Gasteiger partial charge >= 0.3 is 0 Å². The summed E-state index contributed by atoms with van der Waals surface area (Å²) >= 11 is 7.39. The van der Waals surface area contributed by atoms with E-state index in [-0.39, 0.29) is 6.10 Å². The van der Waals surface area contributed by atoms with Crippen LogP contribution in [0.5, 0.6) is 0 Å². The zero-order valence-electron chi connectivity index (χ0n) is 8.29. The summed E-state index contributed by atoms with van der Waals surface area (Å²) in [5, 5.41) is 12.6. The average molecular weight is 234 g/mol. The van der Waals surface area contributed by atoms with Crippen LogP contribution in [0.1, 0.15) is 24.6 Å². The number of thiophene rings is 1. The van der Waals surface area contributed by atoms with Crippen LogP contribution in [0.4, 0.5) is 0 Å². The van der Waals surface area contributed by atoms with E-state index in [9.17, 15) is 5.11 Å². The third kappa shape index (κ3) is 4.42. The zero-order chi connectivity index (χ0) is 10.4. The number of rotatable bonds is 6. The molecule has 80 valence electrons. The van der Waals surface area contributed by atoms with E-state index >= 15 is 0 Å². The van der Waals surface area contributed by atoms with Crippen molar-refractivity contribution in [1.82, 2.24) is 5.32 Å². The summed E-state index contributed by atoms with van der Waals surface area (Å²) in [6.45, 7) is 3.68. The van der Waals surface area contributed by atoms with E-state index in [1.165, 1.54) is 4.88 Å². The number of aliphatic hydroxyl groups excluding tert-OH is 1. The lowest BCUT2D eigenvalue weighted by Crippen LogP contribution is -2.19. The van der Waals surface area contributed by atoms with Gasteiger partial charge in [-0.1, -0.05) is 18.5 Å². The molecule has 1 heterocycles. The molecule has 0 spiro atoms. The Morgan fingerprint density at radius 3 is 2.93 bits per heavy atom. The molecule has 1 aromatic rings. The third-order valence-electron chi connectivity index (χ3n) is 2.05. The maximum Gasteiger partial charge on any atom is 0.0931 e. The van der Waals surface area contributed by atoms with Gasteiger partial charge in [0.05, 0.1) is 10.4 Å². The van der Waals surface area contributed by atoms with Crippen molar-refractivity contribution in [3.63, 3.8) is 0 Å². The molecule has 0 fully saturated rings. The van der Waals surface area contributed by atoms with Gasteiger partial charge < -0.3 is 10.4 Å². The summed E-state index contributed by atoms with van der Waals surface area (Å²) in [6, 6.07) is 3.93. The van der Waals surface area contributed by atoms with Gasteiger partial charge in [-0.15, -0.1) is 11.3 Å². The molecule has 1 unspecified atom stereocenters. The van der Waals surface area contributed by atoms with E-state index in [1.807, 2.05) is 19.1 Å². The van der Waals surface area contributed by atoms with Crippen LogP contribution in [0.3, 0.4) is 0 Å². The summed E-state index contributed by atoms with van der Waals surface area (Å²) in [7, 11) is 0. The summed E-state index contributed by atoms with van der Waals surface area (Å²) in [6.07, 6.45) is 1.47. The molecule has 1 atom stereocenters. The van der Waals surface area contributed by atoms with Crippen LogP contribution >= 0.6 is 22.9 Å². The molecule has 14 heavy (non-hydrogen) atoms.